The third kappa shape index (κ3) is 5.17. The summed E-state index contributed by atoms with van der Waals surface area (Å²) in [4.78, 5) is 28.2. The molecule has 0 saturated heterocycles. The number of rotatable bonds is 12. The number of amides is 2. The van der Waals surface area contributed by atoms with Gasteiger partial charge in [0.25, 0.3) is 21.8 Å². The van der Waals surface area contributed by atoms with E-state index < -0.39 is 20.0 Å². The molecule has 11 heteroatoms. The lowest BCUT2D eigenvalue weighted by atomic mass is 10.0. The van der Waals surface area contributed by atoms with E-state index >= 15 is 0 Å². The Hall–Kier alpha value is -2.06. The molecule has 1 aromatic heterocycles. The highest BCUT2D eigenvalue weighted by atomic mass is 127. The van der Waals surface area contributed by atoms with Crippen LogP contribution in [0.25, 0.3) is 10.8 Å². The maximum atomic E-state index is 13.4. The molecule has 0 aliphatic carbocycles. The number of hydrogen-bond donors (Lipinski definition) is 2. The zero-order valence-electron chi connectivity index (χ0n) is 20.2. The van der Waals surface area contributed by atoms with Crippen LogP contribution in [0.2, 0.25) is 0 Å². The summed E-state index contributed by atoms with van der Waals surface area (Å²) in [6.07, 6.45) is 2.26. The quantitative estimate of drug-likeness (QED) is 0.130. The maximum Gasteiger partial charge on any atom is 0.258 e. The number of sulfonamides is 1. The number of nitrogens with one attached hydrogen (secondary N) is 2. The van der Waals surface area contributed by atoms with Gasteiger partial charge in [0.2, 0.25) is 0 Å². The van der Waals surface area contributed by atoms with E-state index in [2.05, 4.69) is 10.6 Å². The van der Waals surface area contributed by atoms with Crippen LogP contribution in [-0.2, 0) is 14.8 Å². The van der Waals surface area contributed by atoms with E-state index in [0.717, 1.165) is 47.2 Å². The van der Waals surface area contributed by atoms with Crippen molar-refractivity contribution in [3.8, 4) is 0 Å². The topological polar surface area (TPSA) is 98.8 Å². The lowest BCUT2D eigenvalue weighted by Crippen LogP contribution is -2.44. The first-order valence-corrected chi connectivity index (χ1v) is 15.4. The number of thiophene rings is 1. The zero-order chi connectivity index (χ0) is 25.9. The minimum absolute atomic E-state index is 0.0465. The van der Waals surface area contributed by atoms with Gasteiger partial charge in [-0.1, -0.05) is 54.1 Å². The Kier molecular flexibility index (Phi) is 8.66. The molecule has 1 atom stereocenters. The number of carbonyl (C=O) groups is 2. The summed E-state index contributed by atoms with van der Waals surface area (Å²) in [6.45, 7) is 3.63. The molecule has 0 radical (unpaired) electrons. The fourth-order valence-electron chi connectivity index (χ4n) is 4.31. The second-order valence-corrected chi connectivity index (χ2v) is 12.7. The van der Waals surface area contributed by atoms with Crippen LogP contribution in [0.3, 0.4) is 0 Å². The second kappa shape index (κ2) is 11.5. The standard InChI is InChI=1S/C25H29IN4O4S2/c1-3-4-15-30(36(33,34)21-10-6-16-35-21)23(26)24(31)28-19-11-12-20-22-17(19)8-5-9-18(22)25(32)29(20)14-7-13-27-2/h5-6,8-12,16,23,27H,3-4,7,13-15H2,1-2H3,(H,28,31). The van der Waals surface area contributed by atoms with Crippen LogP contribution in [0.1, 0.15) is 36.5 Å². The van der Waals surface area contributed by atoms with Crippen molar-refractivity contribution in [3.63, 3.8) is 0 Å². The van der Waals surface area contributed by atoms with Gasteiger partial charge in [0, 0.05) is 35.1 Å². The van der Waals surface area contributed by atoms with Crippen molar-refractivity contribution in [2.24, 2.45) is 0 Å². The Morgan fingerprint density at radius 2 is 1.97 bits per heavy atom. The van der Waals surface area contributed by atoms with Gasteiger partial charge in [-0.15, -0.1) is 11.3 Å². The van der Waals surface area contributed by atoms with Gasteiger partial charge in [-0.05, 0) is 56.1 Å². The summed E-state index contributed by atoms with van der Waals surface area (Å²) >= 11 is 3.03. The smallest absolute Gasteiger partial charge is 0.258 e. The highest BCUT2D eigenvalue weighted by Crippen LogP contribution is 2.41. The number of benzene rings is 2. The van der Waals surface area contributed by atoms with Gasteiger partial charge in [-0.25, -0.2) is 8.42 Å². The molecule has 36 heavy (non-hydrogen) atoms. The van der Waals surface area contributed by atoms with E-state index in [1.165, 1.54) is 4.31 Å². The SMILES string of the molecule is CCCCN(C(I)C(=O)Nc1ccc2c3c(cccc13)C(=O)N2CCCNC)S(=O)(=O)c1cccs1. The number of hydrogen-bond acceptors (Lipinski definition) is 6. The molecular formula is C25H29IN4O4S2. The average Bonchev–Trinajstić information content (AvgIpc) is 3.50. The van der Waals surface area contributed by atoms with Gasteiger partial charge in [-0.3, -0.25) is 9.59 Å². The number of anilines is 2. The van der Waals surface area contributed by atoms with Crippen LogP contribution in [0.15, 0.2) is 52.1 Å². The van der Waals surface area contributed by atoms with E-state index in [-0.39, 0.29) is 16.7 Å². The van der Waals surface area contributed by atoms with Crippen LogP contribution in [0, 0.1) is 0 Å². The number of unbranched alkanes of at least 4 members (excludes halogenated alkanes) is 1. The molecule has 1 unspecified atom stereocenters. The normalized spacial score (nSPS) is 14.1. The van der Waals surface area contributed by atoms with Crippen LogP contribution >= 0.6 is 33.9 Å². The average molecular weight is 641 g/mol. The zero-order valence-corrected chi connectivity index (χ0v) is 24.0. The van der Waals surface area contributed by atoms with E-state index in [1.807, 2.05) is 54.8 Å². The molecule has 192 valence electrons. The summed E-state index contributed by atoms with van der Waals surface area (Å²) in [5.74, 6) is -0.475. The van der Waals surface area contributed by atoms with Crippen LogP contribution in [-0.4, -0.2) is 55.3 Å². The Morgan fingerprint density at radius 3 is 2.67 bits per heavy atom. The molecule has 8 nitrogen and oxygen atoms in total. The van der Waals surface area contributed by atoms with Crippen molar-refractivity contribution in [3.05, 3.63) is 53.4 Å². The summed E-state index contributed by atoms with van der Waals surface area (Å²) in [5, 5.41) is 9.31. The van der Waals surface area contributed by atoms with Crippen molar-refractivity contribution in [2.75, 3.05) is 36.9 Å². The third-order valence-corrected chi connectivity index (χ3v) is 11.0. The summed E-state index contributed by atoms with van der Waals surface area (Å²) in [6, 6.07) is 12.4. The predicted octanol–water partition coefficient (Wildman–Crippen LogP) is 4.66. The first kappa shape index (κ1) is 27.0. The Bertz CT molecular complexity index is 1360. The van der Waals surface area contributed by atoms with Gasteiger partial charge in [0.1, 0.15) is 4.21 Å². The fraction of sp³-hybridized carbons (Fsp3) is 0.360. The highest BCUT2D eigenvalue weighted by molar-refractivity contribution is 14.1. The molecule has 2 amide bonds. The summed E-state index contributed by atoms with van der Waals surface area (Å²) in [5.41, 5.74) is 1.99. The van der Waals surface area contributed by atoms with E-state index in [1.54, 1.807) is 34.5 Å². The van der Waals surface area contributed by atoms with E-state index in [9.17, 15) is 18.0 Å². The van der Waals surface area contributed by atoms with Crippen molar-refractivity contribution < 1.29 is 18.0 Å². The molecule has 4 rings (SSSR count). The predicted molar refractivity (Wildman–Crippen MR) is 154 cm³/mol. The van der Waals surface area contributed by atoms with Gasteiger partial charge >= 0.3 is 0 Å². The van der Waals surface area contributed by atoms with Gasteiger partial charge < -0.3 is 15.5 Å². The third-order valence-electron chi connectivity index (χ3n) is 6.11. The molecule has 2 heterocycles. The number of carbonyl (C=O) groups excluding carboxylic acids is 2. The maximum absolute atomic E-state index is 13.4. The van der Waals surface area contributed by atoms with Gasteiger partial charge in [-0.2, -0.15) is 4.31 Å². The first-order valence-electron chi connectivity index (χ1n) is 11.8. The van der Waals surface area contributed by atoms with Crippen molar-refractivity contribution in [1.82, 2.24) is 9.62 Å². The number of nitrogens with zero attached hydrogens (tertiary/aromatic N) is 2. The molecule has 3 aromatic rings. The molecule has 1 aliphatic heterocycles. The Balaban J connectivity index is 1.63. The number of alkyl halides is 1. The molecule has 2 aromatic carbocycles. The lowest BCUT2D eigenvalue weighted by Gasteiger charge is -2.26. The second-order valence-electron chi connectivity index (χ2n) is 8.50. The van der Waals surface area contributed by atoms with Gasteiger partial charge in [0.15, 0.2) is 4.05 Å². The van der Waals surface area contributed by atoms with E-state index in [4.69, 9.17) is 0 Å². The van der Waals surface area contributed by atoms with Crippen LogP contribution < -0.4 is 15.5 Å². The largest absolute Gasteiger partial charge is 0.323 e. The minimum atomic E-state index is -3.81. The van der Waals surface area contributed by atoms with Crippen molar-refractivity contribution >= 4 is 77.9 Å². The Morgan fingerprint density at radius 1 is 1.17 bits per heavy atom. The molecule has 0 saturated carbocycles. The highest BCUT2D eigenvalue weighted by Gasteiger charge is 2.35. The lowest BCUT2D eigenvalue weighted by molar-refractivity contribution is -0.117. The molecular weight excluding hydrogens is 611 g/mol. The van der Waals surface area contributed by atoms with Crippen LogP contribution in [0.5, 0.6) is 0 Å². The Labute approximate surface area is 229 Å². The molecule has 0 bridgehead atoms. The minimum Gasteiger partial charge on any atom is -0.323 e. The number of halogens is 1. The van der Waals surface area contributed by atoms with Crippen molar-refractivity contribution in [2.45, 2.75) is 34.4 Å². The monoisotopic (exact) mass is 640 g/mol. The summed E-state index contributed by atoms with van der Waals surface area (Å²) < 4.78 is 27.1. The molecule has 0 fully saturated rings. The van der Waals surface area contributed by atoms with Gasteiger partial charge in [0.05, 0.1) is 5.69 Å². The molecule has 0 spiro atoms. The van der Waals surface area contributed by atoms with Crippen molar-refractivity contribution in [1.29, 1.82) is 0 Å². The summed E-state index contributed by atoms with van der Waals surface area (Å²) in [7, 11) is -1.93. The van der Waals surface area contributed by atoms with Crippen LogP contribution in [0.4, 0.5) is 11.4 Å². The molecule has 2 N–H and O–H groups in total. The van der Waals surface area contributed by atoms with E-state index in [0.29, 0.717) is 24.2 Å². The molecule has 1 aliphatic rings. The first-order chi connectivity index (χ1) is 17.3. The fourth-order valence-corrected chi connectivity index (χ4v) is 8.22.